The molecule has 0 saturated carbocycles. The van der Waals surface area contributed by atoms with E-state index in [1.54, 1.807) is 30.1 Å². The number of hydrogen-bond acceptors (Lipinski definition) is 3. The van der Waals surface area contributed by atoms with Crippen LogP contribution in [0.2, 0.25) is 0 Å². The van der Waals surface area contributed by atoms with E-state index in [1.165, 1.54) is 0 Å². The molecule has 66 valence electrons. The molecule has 1 heterocycles. The minimum atomic E-state index is -0.807. The summed E-state index contributed by atoms with van der Waals surface area (Å²) < 4.78 is 17.8. The molecule has 2 unspecified atom stereocenters. The van der Waals surface area contributed by atoms with Gasteiger partial charge in [0, 0.05) is 19.3 Å². The Morgan fingerprint density at radius 1 is 1.75 bits per heavy atom. The van der Waals surface area contributed by atoms with Gasteiger partial charge in [0.05, 0.1) is 6.61 Å². The van der Waals surface area contributed by atoms with Gasteiger partial charge in [-0.3, -0.25) is 0 Å². The SMILES string of the molecule is CCOC(C)([PH+]=O)n1cccn1. The largest absolute Gasteiger partial charge is 0.385 e. The van der Waals surface area contributed by atoms with Crippen molar-refractivity contribution in [1.82, 2.24) is 9.78 Å². The third-order valence-electron chi connectivity index (χ3n) is 1.56. The van der Waals surface area contributed by atoms with Gasteiger partial charge in [0.15, 0.2) is 0 Å². The van der Waals surface area contributed by atoms with Gasteiger partial charge in [0.1, 0.15) is 0 Å². The molecule has 4 nitrogen and oxygen atoms in total. The summed E-state index contributed by atoms with van der Waals surface area (Å²) in [6.07, 6.45) is 3.37. The first-order chi connectivity index (χ1) is 5.73. The van der Waals surface area contributed by atoms with E-state index in [9.17, 15) is 4.57 Å². The van der Waals surface area contributed by atoms with Crippen LogP contribution in [0.1, 0.15) is 13.8 Å². The second-order valence-corrected chi connectivity index (χ2v) is 3.60. The summed E-state index contributed by atoms with van der Waals surface area (Å²) in [4.78, 5) is 0. The van der Waals surface area contributed by atoms with Gasteiger partial charge in [0.2, 0.25) is 0 Å². The molecule has 2 atom stereocenters. The van der Waals surface area contributed by atoms with Crippen LogP contribution in [0.3, 0.4) is 0 Å². The van der Waals surface area contributed by atoms with Crippen LogP contribution < -0.4 is 0 Å². The predicted octanol–water partition coefficient (Wildman–Crippen LogP) is 1.57. The first-order valence-corrected chi connectivity index (χ1v) is 4.67. The van der Waals surface area contributed by atoms with Gasteiger partial charge in [-0.25, -0.2) is 0 Å². The zero-order valence-electron chi connectivity index (χ0n) is 7.15. The van der Waals surface area contributed by atoms with Crippen LogP contribution in [0.4, 0.5) is 0 Å². The average molecular weight is 187 g/mol. The number of ether oxygens (including phenoxy) is 1. The summed E-state index contributed by atoms with van der Waals surface area (Å²) >= 11 is 0. The first-order valence-electron chi connectivity index (χ1n) is 3.76. The minimum absolute atomic E-state index is 0.519. The molecule has 5 heteroatoms. The van der Waals surface area contributed by atoms with Crippen molar-refractivity contribution in [3.8, 4) is 0 Å². The number of nitrogens with zero attached hydrogens (tertiary/aromatic N) is 2. The lowest BCUT2D eigenvalue weighted by Gasteiger charge is -2.15. The maximum atomic E-state index is 10.9. The van der Waals surface area contributed by atoms with Crippen LogP contribution in [-0.2, 0) is 14.8 Å². The van der Waals surface area contributed by atoms with Crippen molar-refractivity contribution in [2.75, 3.05) is 6.61 Å². The van der Waals surface area contributed by atoms with Gasteiger partial charge in [-0.15, -0.1) is 0 Å². The van der Waals surface area contributed by atoms with Crippen molar-refractivity contribution >= 4 is 8.46 Å². The summed E-state index contributed by atoms with van der Waals surface area (Å²) in [6, 6.07) is 1.78. The van der Waals surface area contributed by atoms with Crippen LogP contribution >= 0.6 is 8.46 Å². The highest BCUT2D eigenvalue weighted by Crippen LogP contribution is 2.28. The minimum Gasteiger partial charge on any atom is -0.315 e. The summed E-state index contributed by atoms with van der Waals surface area (Å²) in [7, 11) is -0.569. The maximum Gasteiger partial charge on any atom is 0.385 e. The first kappa shape index (κ1) is 9.36. The van der Waals surface area contributed by atoms with Gasteiger partial charge >= 0.3 is 13.9 Å². The molecule has 0 fully saturated rings. The maximum absolute atomic E-state index is 10.9. The Balaban J connectivity index is 2.87. The summed E-state index contributed by atoms with van der Waals surface area (Å²) in [5.74, 6) is 0. The topological polar surface area (TPSA) is 44.1 Å². The molecule has 0 aliphatic heterocycles. The fraction of sp³-hybridized carbons (Fsp3) is 0.571. The Bertz CT molecular complexity index is 250. The van der Waals surface area contributed by atoms with E-state index in [2.05, 4.69) is 5.10 Å². The fourth-order valence-electron chi connectivity index (χ4n) is 0.945. The Hall–Kier alpha value is -0.730. The lowest BCUT2D eigenvalue weighted by Crippen LogP contribution is -2.27. The molecule has 0 aliphatic carbocycles. The zero-order valence-corrected chi connectivity index (χ0v) is 8.15. The lowest BCUT2D eigenvalue weighted by molar-refractivity contribution is -0.0223. The van der Waals surface area contributed by atoms with Crippen LogP contribution in [0.25, 0.3) is 0 Å². The van der Waals surface area contributed by atoms with E-state index in [-0.39, 0.29) is 0 Å². The van der Waals surface area contributed by atoms with Gasteiger partial charge in [-0.2, -0.15) is 9.78 Å². The third kappa shape index (κ3) is 1.71. The molecule has 1 rings (SSSR count). The second kappa shape index (κ2) is 3.78. The van der Waals surface area contributed by atoms with Crippen molar-refractivity contribution in [1.29, 1.82) is 0 Å². The molecule has 1 aromatic rings. The summed E-state index contributed by atoms with van der Waals surface area (Å²) in [6.45, 7) is 4.13. The van der Waals surface area contributed by atoms with Crippen LogP contribution in [0.15, 0.2) is 18.5 Å². The van der Waals surface area contributed by atoms with Gasteiger partial charge < -0.3 is 4.74 Å². The quantitative estimate of drug-likeness (QED) is 0.672. The average Bonchev–Trinajstić information content (AvgIpc) is 2.57. The van der Waals surface area contributed by atoms with Gasteiger partial charge in [0.25, 0.3) is 0 Å². The third-order valence-corrected chi connectivity index (χ3v) is 2.31. The standard InChI is InChI=1S/C7H11N2O2P/c1-3-11-7(2,12-10)9-6-4-5-8-9/h4-6H,3H2,1-2H3/p+1. The molecule has 0 radical (unpaired) electrons. The lowest BCUT2D eigenvalue weighted by atomic mass is 10.6. The second-order valence-electron chi connectivity index (χ2n) is 2.47. The van der Waals surface area contributed by atoms with E-state index >= 15 is 0 Å². The molecule has 0 spiro atoms. The zero-order chi connectivity index (χ0) is 9.03. The van der Waals surface area contributed by atoms with E-state index in [0.717, 1.165) is 0 Å². The highest BCUT2D eigenvalue weighted by Gasteiger charge is 2.36. The number of rotatable bonds is 4. The summed E-state index contributed by atoms with van der Waals surface area (Å²) in [5.41, 5.74) is -0.807. The normalized spacial score (nSPS) is 16.2. The Morgan fingerprint density at radius 2 is 2.50 bits per heavy atom. The van der Waals surface area contributed by atoms with Crippen molar-refractivity contribution < 1.29 is 9.30 Å². The molecule has 12 heavy (non-hydrogen) atoms. The Kier molecular flexibility index (Phi) is 2.95. The van der Waals surface area contributed by atoms with Crippen LogP contribution in [0.5, 0.6) is 0 Å². The number of aromatic nitrogens is 2. The molecule has 0 amide bonds. The molecular weight excluding hydrogens is 175 g/mol. The molecule has 0 aliphatic rings. The predicted molar refractivity (Wildman–Crippen MR) is 46.5 cm³/mol. The molecule has 0 bridgehead atoms. The van der Waals surface area contributed by atoms with Gasteiger partial charge in [-0.1, -0.05) is 4.57 Å². The monoisotopic (exact) mass is 187 g/mol. The van der Waals surface area contributed by atoms with Crippen molar-refractivity contribution in [2.45, 2.75) is 19.3 Å². The summed E-state index contributed by atoms with van der Waals surface area (Å²) in [5, 5.41) is 3.98. The number of hydrogen-bond donors (Lipinski definition) is 0. The molecule has 0 N–H and O–H groups in total. The molecule has 0 aromatic carbocycles. The molecule has 0 saturated heterocycles. The fourth-order valence-corrected chi connectivity index (χ4v) is 1.37. The Labute approximate surface area is 72.7 Å². The highest BCUT2D eigenvalue weighted by molar-refractivity contribution is 7.24. The van der Waals surface area contributed by atoms with Crippen molar-refractivity contribution in [3.63, 3.8) is 0 Å². The Morgan fingerprint density at radius 3 is 2.92 bits per heavy atom. The van der Waals surface area contributed by atoms with E-state index in [1.807, 2.05) is 6.92 Å². The molecule has 1 aromatic heterocycles. The smallest absolute Gasteiger partial charge is 0.315 e. The van der Waals surface area contributed by atoms with Crippen LogP contribution in [-0.4, -0.2) is 16.4 Å². The van der Waals surface area contributed by atoms with E-state index < -0.39 is 13.9 Å². The van der Waals surface area contributed by atoms with Crippen LogP contribution in [0, 0.1) is 0 Å². The van der Waals surface area contributed by atoms with E-state index in [0.29, 0.717) is 6.61 Å². The van der Waals surface area contributed by atoms with E-state index in [4.69, 9.17) is 4.74 Å². The van der Waals surface area contributed by atoms with Crippen molar-refractivity contribution in [2.24, 2.45) is 0 Å². The van der Waals surface area contributed by atoms with Gasteiger partial charge in [-0.05, 0) is 13.0 Å². The van der Waals surface area contributed by atoms with Crippen molar-refractivity contribution in [3.05, 3.63) is 18.5 Å². The molecular formula is C7H12N2O2P+. The highest BCUT2D eigenvalue weighted by atomic mass is 31.1.